The molecule has 25 heavy (non-hydrogen) atoms. The van der Waals surface area contributed by atoms with E-state index >= 15 is 0 Å². The van der Waals surface area contributed by atoms with Gasteiger partial charge in [-0.3, -0.25) is 4.79 Å². The molecule has 0 aromatic heterocycles. The normalized spacial score (nSPS) is 16.2. The van der Waals surface area contributed by atoms with E-state index in [1.807, 2.05) is 19.0 Å². The molecule has 1 amide bonds. The fraction of sp³-hybridized carbons (Fsp3) is 0.588. The highest BCUT2D eigenvalue weighted by molar-refractivity contribution is 7.89. The zero-order chi connectivity index (χ0) is 18.4. The van der Waals surface area contributed by atoms with Crippen molar-refractivity contribution >= 4 is 15.9 Å². The number of carbonyl (C=O) groups excluding carboxylic acids is 1. The van der Waals surface area contributed by atoms with Crippen LogP contribution in [0.1, 0.15) is 22.3 Å². The monoisotopic (exact) mass is 369 g/mol. The number of nitrogens with one attached hydrogen (secondary N) is 1. The van der Waals surface area contributed by atoms with Crippen molar-refractivity contribution in [2.24, 2.45) is 0 Å². The standard InChI is InChI=1S/C17H27N3O4S/c1-14-5-6-15(25(22,23)20-9-11-24-12-10-20)13-16(14)17(21)18-7-4-8-19(2)3/h5-6,13H,4,7-12H2,1-3H3,(H,18,21). The highest BCUT2D eigenvalue weighted by Crippen LogP contribution is 2.20. The number of amides is 1. The molecule has 1 aromatic rings. The number of benzene rings is 1. The molecule has 0 aliphatic carbocycles. The number of hydrogen-bond donors (Lipinski definition) is 1. The van der Waals surface area contributed by atoms with Gasteiger partial charge in [0.05, 0.1) is 18.1 Å². The average molecular weight is 369 g/mol. The highest BCUT2D eigenvalue weighted by atomic mass is 32.2. The highest BCUT2D eigenvalue weighted by Gasteiger charge is 2.27. The van der Waals surface area contributed by atoms with E-state index in [4.69, 9.17) is 4.74 Å². The average Bonchev–Trinajstić information content (AvgIpc) is 2.59. The minimum atomic E-state index is -3.60. The van der Waals surface area contributed by atoms with Gasteiger partial charge >= 0.3 is 0 Å². The van der Waals surface area contributed by atoms with Gasteiger partial charge in [-0.15, -0.1) is 0 Å². The summed E-state index contributed by atoms with van der Waals surface area (Å²) in [5, 5.41) is 2.86. The molecule has 1 fully saturated rings. The van der Waals surface area contributed by atoms with Crippen LogP contribution in [0.5, 0.6) is 0 Å². The topological polar surface area (TPSA) is 78.9 Å². The van der Waals surface area contributed by atoms with Crippen LogP contribution in [0.2, 0.25) is 0 Å². The second-order valence-corrected chi connectivity index (χ2v) is 8.34. The van der Waals surface area contributed by atoms with Crippen molar-refractivity contribution in [2.75, 3.05) is 53.5 Å². The van der Waals surface area contributed by atoms with E-state index < -0.39 is 10.0 Å². The maximum absolute atomic E-state index is 12.7. The maximum Gasteiger partial charge on any atom is 0.251 e. The summed E-state index contributed by atoms with van der Waals surface area (Å²) >= 11 is 0. The number of sulfonamides is 1. The Morgan fingerprint density at radius 2 is 1.96 bits per heavy atom. The van der Waals surface area contributed by atoms with E-state index in [0.29, 0.717) is 38.4 Å². The minimum Gasteiger partial charge on any atom is -0.379 e. The second kappa shape index (κ2) is 8.75. The van der Waals surface area contributed by atoms with Gasteiger partial charge in [0, 0.05) is 25.2 Å². The lowest BCUT2D eigenvalue weighted by atomic mass is 10.1. The molecule has 0 spiro atoms. The molecule has 1 aliphatic rings. The summed E-state index contributed by atoms with van der Waals surface area (Å²) in [4.78, 5) is 14.6. The summed E-state index contributed by atoms with van der Waals surface area (Å²) in [7, 11) is 0.352. The van der Waals surface area contributed by atoms with Crippen molar-refractivity contribution < 1.29 is 17.9 Å². The molecule has 1 aliphatic heterocycles. The smallest absolute Gasteiger partial charge is 0.251 e. The Morgan fingerprint density at radius 1 is 1.28 bits per heavy atom. The summed E-state index contributed by atoms with van der Waals surface area (Å²) in [6, 6.07) is 4.71. The van der Waals surface area contributed by atoms with Gasteiger partial charge in [0.25, 0.3) is 5.91 Å². The van der Waals surface area contributed by atoms with Crippen LogP contribution in [-0.4, -0.2) is 77.0 Å². The summed E-state index contributed by atoms with van der Waals surface area (Å²) in [5.74, 6) is -0.240. The Bertz CT molecular complexity index is 698. The predicted octanol–water partition coefficient (Wildman–Crippen LogP) is 0.697. The Hall–Kier alpha value is -1.48. The third-order valence-electron chi connectivity index (χ3n) is 4.13. The van der Waals surface area contributed by atoms with E-state index in [-0.39, 0.29) is 10.8 Å². The Morgan fingerprint density at radius 3 is 2.60 bits per heavy atom. The van der Waals surface area contributed by atoms with Crippen LogP contribution in [0.25, 0.3) is 0 Å². The van der Waals surface area contributed by atoms with Crippen molar-refractivity contribution in [2.45, 2.75) is 18.2 Å². The Balaban J connectivity index is 2.12. The van der Waals surface area contributed by atoms with Crippen LogP contribution < -0.4 is 5.32 Å². The largest absolute Gasteiger partial charge is 0.379 e. The maximum atomic E-state index is 12.7. The zero-order valence-corrected chi connectivity index (χ0v) is 15.9. The molecular weight excluding hydrogens is 342 g/mol. The molecule has 0 atom stereocenters. The number of aryl methyl sites for hydroxylation is 1. The third kappa shape index (κ3) is 5.24. The molecule has 0 unspecified atom stereocenters. The molecule has 0 saturated carbocycles. The van der Waals surface area contributed by atoms with Crippen molar-refractivity contribution in [3.63, 3.8) is 0 Å². The zero-order valence-electron chi connectivity index (χ0n) is 15.1. The first-order valence-corrected chi connectivity index (χ1v) is 9.88. The fourth-order valence-electron chi connectivity index (χ4n) is 2.63. The van der Waals surface area contributed by atoms with E-state index in [1.165, 1.54) is 10.4 Å². The first-order chi connectivity index (χ1) is 11.8. The quantitative estimate of drug-likeness (QED) is 0.716. The van der Waals surface area contributed by atoms with Crippen LogP contribution in [0.15, 0.2) is 23.1 Å². The fourth-order valence-corrected chi connectivity index (χ4v) is 4.07. The minimum absolute atomic E-state index is 0.151. The molecule has 7 nitrogen and oxygen atoms in total. The molecule has 8 heteroatoms. The lowest BCUT2D eigenvalue weighted by Crippen LogP contribution is -2.40. The first kappa shape index (κ1) is 19.8. The summed E-state index contributed by atoms with van der Waals surface area (Å²) < 4.78 is 32.1. The number of ether oxygens (including phenoxy) is 1. The van der Waals surface area contributed by atoms with Gasteiger partial charge < -0.3 is 15.0 Å². The van der Waals surface area contributed by atoms with E-state index in [1.54, 1.807) is 19.1 Å². The van der Waals surface area contributed by atoms with Gasteiger partial charge in [0.2, 0.25) is 10.0 Å². The number of carbonyl (C=O) groups is 1. The molecule has 1 saturated heterocycles. The van der Waals surface area contributed by atoms with Crippen molar-refractivity contribution in [1.29, 1.82) is 0 Å². The number of hydrogen-bond acceptors (Lipinski definition) is 5. The molecule has 2 rings (SSSR count). The van der Waals surface area contributed by atoms with Gasteiger partial charge in [-0.25, -0.2) is 8.42 Å². The van der Waals surface area contributed by atoms with Gasteiger partial charge in [0.1, 0.15) is 0 Å². The van der Waals surface area contributed by atoms with E-state index in [0.717, 1.165) is 18.5 Å². The van der Waals surface area contributed by atoms with Crippen LogP contribution >= 0.6 is 0 Å². The molecule has 1 aromatic carbocycles. The van der Waals surface area contributed by atoms with Crippen molar-refractivity contribution in [1.82, 2.24) is 14.5 Å². The van der Waals surface area contributed by atoms with Crippen LogP contribution in [0, 0.1) is 6.92 Å². The number of morpholine rings is 1. The number of rotatable bonds is 7. The Labute approximate surface area is 150 Å². The van der Waals surface area contributed by atoms with Crippen molar-refractivity contribution in [3.05, 3.63) is 29.3 Å². The van der Waals surface area contributed by atoms with Gasteiger partial charge in [-0.2, -0.15) is 4.31 Å². The van der Waals surface area contributed by atoms with Gasteiger partial charge in [-0.1, -0.05) is 6.07 Å². The van der Waals surface area contributed by atoms with Gasteiger partial charge in [-0.05, 0) is 51.7 Å². The summed E-state index contributed by atoms with van der Waals surface area (Å²) in [6.07, 6.45) is 0.837. The molecule has 1 heterocycles. The van der Waals surface area contributed by atoms with E-state index in [9.17, 15) is 13.2 Å². The van der Waals surface area contributed by atoms with Crippen molar-refractivity contribution in [3.8, 4) is 0 Å². The summed E-state index contributed by atoms with van der Waals surface area (Å²) in [6.45, 7) is 4.70. The van der Waals surface area contributed by atoms with Gasteiger partial charge in [0.15, 0.2) is 0 Å². The Kier molecular flexibility index (Phi) is 6.95. The van der Waals surface area contributed by atoms with Crippen LogP contribution in [0.3, 0.4) is 0 Å². The first-order valence-electron chi connectivity index (χ1n) is 8.44. The molecular formula is C17H27N3O4S. The summed E-state index contributed by atoms with van der Waals surface area (Å²) in [5.41, 5.74) is 1.16. The molecule has 1 N–H and O–H groups in total. The SMILES string of the molecule is Cc1ccc(S(=O)(=O)N2CCOCC2)cc1C(=O)NCCCN(C)C. The number of nitrogens with zero attached hydrogens (tertiary/aromatic N) is 2. The van der Waals surface area contributed by atoms with Crippen LogP contribution in [-0.2, 0) is 14.8 Å². The third-order valence-corrected chi connectivity index (χ3v) is 6.02. The molecule has 140 valence electrons. The van der Waals surface area contributed by atoms with Crippen LogP contribution in [0.4, 0.5) is 0 Å². The molecule has 0 bridgehead atoms. The molecule has 0 radical (unpaired) electrons. The lowest BCUT2D eigenvalue weighted by molar-refractivity contribution is 0.0730. The van der Waals surface area contributed by atoms with E-state index in [2.05, 4.69) is 5.32 Å². The predicted molar refractivity (Wildman–Crippen MR) is 96.3 cm³/mol. The second-order valence-electron chi connectivity index (χ2n) is 6.41. The lowest BCUT2D eigenvalue weighted by Gasteiger charge is -2.26.